The number of thioether (sulfide) groups is 1. The Bertz CT molecular complexity index is 390. The number of hydrogen-bond donors (Lipinski definition) is 2. The van der Waals surface area contributed by atoms with Gasteiger partial charge in [-0.15, -0.1) is 11.8 Å². The van der Waals surface area contributed by atoms with E-state index in [1.54, 1.807) is 11.8 Å². The Morgan fingerprint density at radius 1 is 1.21 bits per heavy atom. The molecular formula is C16H27NOS. The minimum absolute atomic E-state index is 0.214. The second-order valence-corrected chi connectivity index (χ2v) is 7.12. The van der Waals surface area contributed by atoms with Crippen LogP contribution in [0.5, 0.6) is 0 Å². The van der Waals surface area contributed by atoms with E-state index in [-0.39, 0.29) is 11.4 Å². The molecular weight excluding hydrogens is 254 g/mol. The molecule has 0 aromatic heterocycles. The first-order valence-electron chi connectivity index (χ1n) is 7.05. The lowest BCUT2D eigenvalue weighted by molar-refractivity contribution is 0.196. The number of hydrogen-bond acceptors (Lipinski definition) is 3. The largest absolute Gasteiger partial charge is 0.392 e. The zero-order chi connectivity index (χ0) is 14.4. The molecule has 3 heteroatoms. The highest BCUT2D eigenvalue weighted by molar-refractivity contribution is 8.00. The topological polar surface area (TPSA) is 32.3 Å². The Morgan fingerprint density at radius 3 is 2.47 bits per heavy atom. The van der Waals surface area contributed by atoms with Crippen LogP contribution in [0.2, 0.25) is 0 Å². The molecule has 2 nitrogen and oxygen atoms in total. The first-order valence-corrected chi connectivity index (χ1v) is 7.93. The van der Waals surface area contributed by atoms with E-state index < -0.39 is 0 Å². The third kappa shape index (κ3) is 5.98. The fraction of sp³-hybridized carbons (Fsp3) is 0.625. The fourth-order valence-corrected chi connectivity index (χ4v) is 2.78. The average Bonchev–Trinajstić information content (AvgIpc) is 2.31. The zero-order valence-corrected chi connectivity index (χ0v) is 13.6. The summed E-state index contributed by atoms with van der Waals surface area (Å²) in [5, 5.41) is 13.3. The number of aliphatic hydroxyl groups is 1. The molecule has 2 N–H and O–H groups in total. The lowest BCUT2D eigenvalue weighted by atomic mass is 10.1. The minimum atomic E-state index is -0.289. The first kappa shape index (κ1) is 16.5. The Labute approximate surface area is 122 Å². The minimum Gasteiger partial charge on any atom is -0.392 e. The summed E-state index contributed by atoms with van der Waals surface area (Å²) in [4.78, 5) is 1.27. The maximum Gasteiger partial charge on any atom is 0.0631 e. The maximum atomic E-state index is 9.64. The highest BCUT2D eigenvalue weighted by atomic mass is 32.2. The summed E-state index contributed by atoms with van der Waals surface area (Å²) in [5.41, 5.74) is 2.62. The van der Waals surface area contributed by atoms with Gasteiger partial charge in [-0.3, -0.25) is 0 Å². The van der Waals surface area contributed by atoms with Crippen molar-refractivity contribution in [2.75, 3.05) is 6.54 Å². The van der Waals surface area contributed by atoms with Crippen LogP contribution in [0.25, 0.3) is 0 Å². The average molecular weight is 281 g/mol. The molecule has 2 unspecified atom stereocenters. The van der Waals surface area contributed by atoms with Crippen molar-refractivity contribution >= 4 is 11.8 Å². The Morgan fingerprint density at radius 2 is 1.89 bits per heavy atom. The van der Waals surface area contributed by atoms with Gasteiger partial charge in [0.05, 0.1) is 6.10 Å². The van der Waals surface area contributed by atoms with Crippen molar-refractivity contribution in [1.29, 1.82) is 0 Å². The molecule has 0 aliphatic rings. The summed E-state index contributed by atoms with van der Waals surface area (Å²) < 4.78 is 0. The molecule has 2 atom stereocenters. The third-order valence-corrected chi connectivity index (χ3v) is 4.49. The van der Waals surface area contributed by atoms with E-state index in [4.69, 9.17) is 0 Å². The highest BCUT2D eigenvalue weighted by Crippen LogP contribution is 2.29. The van der Waals surface area contributed by atoms with Crippen LogP contribution in [0.1, 0.15) is 38.8 Å². The van der Waals surface area contributed by atoms with Crippen LogP contribution >= 0.6 is 11.8 Å². The van der Waals surface area contributed by atoms with Gasteiger partial charge >= 0.3 is 0 Å². The molecule has 0 radical (unpaired) electrons. The molecule has 0 saturated carbocycles. The van der Waals surface area contributed by atoms with Crippen LogP contribution in [-0.4, -0.2) is 23.0 Å². The van der Waals surface area contributed by atoms with Crippen molar-refractivity contribution in [3.8, 4) is 0 Å². The van der Waals surface area contributed by atoms with E-state index in [1.807, 2.05) is 6.92 Å². The Hall–Kier alpha value is -0.510. The molecule has 1 aromatic rings. The number of aryl methyl sites for hydroxylation is 1. The SMILES string of the molecule is Cc1ccc(SC(C)C(C)O)c(CNCC(C)C)c1. The van der Waals surface area contributed by atoms with Crippen molar-refractivity contribution in [2.45, 2.75) is 57.4 Å². The second kappa shape index (κ2) is 7.93. The zero-order valence-electron chi connectivity index (χ0n) is 12.7. The van der Waals surface area contributed by atoms with Gasteiger partial charge in [-0.1, -0.05) is 38.5 Å². The van der Waals surface area contributed by atoms with Crippen molar-refractivity contribution in [3.05, 3.63) is 29.3 Å². The van der Waals surface area contributed by atoms with E-state index in [0.717, 1.165) is 13.1 Å². The Balaban J connectivity index is 2.73. The Kier molecular flexibility index (Phi) is 6.90. The van der Waals surface area contributed by atoms with Gasteiger partial charge in [0.1, 0.15) is 0 Å². The number of aliphatic hydroxyl groups excluding tert-OH is 1. The van der Waals surface area contributed by atoms with Crippen molar-refractivity contribution in [2.24, 2.45) is 5.92 Å². The van der Waals surface area contributed by atoms with E-state index in [0.29, 0.717) is 5.92 Å². The van der Waals surface area contributed by atoms with Crippen LogP contribution in [0.4, 0.5) is 0 Å². The standard InChI is InChI=1S/C16H27NOS/c1-11(2)9-17-10-15-8-12(3)6-7-16(15)19-14(5)13(4)18/h6-8,11,13-14,17-18H,9-10H2,1-5H3. The quantitative estimate of drug-likeness (QED) is 0.749. The van der Waals surface area contributed by atoms with Crippen molar-refractivity contribution < 1.29 is 5.11 Å². The van der Waals surface area contributed by atoms with Gasteiger partial charge in [0.25, 0.3) is 0 Å². The van der Waals surface area contributed by atoms with Crippen LogP contribution in [-0.2, 0) is 6.54 Å². The van der Waals surface area contributed by atoms with Crippen LogP contribution < -0.4 is 5.32 Å². The predicted octanol–water partition coefficient (Wildman–Crippen LogP) is 3.60. The predicted molar refractivity (Wildman–Crippen MR) is 84.7 cm³/mol. The fourth-order valence-electron chi connectivity index (χ4n) is 1.76. The highest BCUT2D eigenvalue weighted by Gasteiger charge is 2.13. The third-order valence-electron chi connectivity index (χ3n) is 3.08. The van der Waals surface area contributed by atoms with Gasteiger partial charge in [-0.25, -0.2) is 0 Å². The van der Waals surface area contributed by atoms with Gasteiger partial charge in [-0.05, 0) is 37.9 Å². The molecule has 0 aliphatic heterocycles. The summed E-state index contributed by atoms with van der Waals surface area (Å²) in [5.74, 6) is 0.664. The second-order valence-electron chi connectivity index (χ2n) is 5.70. The normalized spacial score (nSPS) is 14.7. The molecule has 0 amide bonds. The van der Waals surface area contributed by atoms with Crippen molar-refractivity contribution in [3.63, 3.8) is 0 Å². The van der Waals surface area contributed by atoms with E-state index in [9.17, 15) is 5.11 Å². The van der Waals surface area contributed by atoms with E-state index in [2.05, 4.69) is 51.2 Å². The van der Waals surface area contributed by atoms with Crippen LogP contribution in [0.15, 0.2) is 23.1 Å². The lowest BCUT2D eigenvalue weighted by Crippen LogP contribution is -2.20. The number of rotatable bonds is 7. The smallest absolute Gasteiger partial charge is 0.0631 e. The van der Waals surface area contributed by atoms with Gasteiger partial charge in [-0.2, -0.15) is 0 Å². The molecule has 0 fully saturated rings. The molecule has 0 bridgehead atoms. The molecule has 1 rings (SSSR count). The summed E-state index contributed by atoms with van der Waals surface area (Å²) in [6.07, 6.45) is -0.289. The lowest BCUT2D eigenvalue weighted by Gasteiger charge is -2.18. The van der Waals surface area contributed by atoms with Gasteiger partial charge < -0.3 is 10.4 Å². The van der Waals surface area contributed by atoms with E-state index >= 15 is 0 Å². The van der Waals surface area contributed by atoms with Gasteiger partial charge in [0.15, 0.2) is 0 Å². The van der Waals surface area contributed by atoms with E-state index in [1.165, 1.54) is 16.0 Å². The monoisotopic (exact) mass is 281 g/mol. The number of nitrogens with one attached hydrogen (secondary N) is 1. The summed E-state index contributed by atoms with van der Waals surface area (Å²) in [6.45, 7) is 12.4. The first-order chi connectivity index (χ1) is 8.90. The summed E-state index contributed by atoms with van der Waals surface area (Å²) in [6, 6.07) is 6.55. The van der Waals surface area contributed by atoms with Crippen LogP contribution in [0, 0.1) is 12.8 Å². The van der Waals surface area contributed by atoms with Crippen LogP contribution in [0.3, 0.4) is 0 Å². The number of benzene rings is 1. The molecule has 19 heavy (non-hydrogen) atoms. The van der Waals surface area contributed by atoms with Crippen molar-refractivity contribution in [1.82, 2.24) is 5.32 Å². The molecule has 0 aliphatic carbocycles. The maximum absolute atomic E-state index is 9.64. The molecule has 0 heterocycles. The molecule has 0 spiro atoms. The summed E-state index contributed by atoms with van der Waals surface area (Å²) >= 11 is 1.76. The van der Waals surface area contributed by atoms with Gasteiger partial charge in [0.2, 0.25) is 0 Å². The molecule has 108 valence electrons. The summed E-state index contributed by atoms with van der Waals surface area (Å²) in [7, 11) is 0. The molecule has 1 aromatic carbocycles. The van der Waals surface area contributed by atoms with Gasteiger partial charge in [0, 0.05) is 16.7 Å². The molecule has 0 saturated heterocycles.